The summed E-state index contributed by atoms with van der Waals surface area (Å²) < 4.78 is 0. The summed E-state index contributed by atoms with van der Waals surface area (Å²) in [7, 11) is 0. The molecule has 1 saturated carbocycles. The fraction of sp³-hybridized carbons (Fsp3) is 0.750. The molecule has 0 heterocycles. The van der Waals surface area contributed by atoms with Gasteiger partial charge < -0.3 is 10.4 Å². The molecule has 2 unspecified atom stereocenters. The Morgan fingerprint density at radius 1 is 1.75 bits per heavy atom. The van der Waals surface area contributed by atoms with Crippen LogP contribution in [0.2, 0.25) is 0 Å². The van der Waals surface area contributed by atoms with Crippen LogP contribution in [0.15, 0.2) is 0 Å². The number of aliphatic hydroxyl groups excluding tert-OH is 1. The average Bonchev–Trinajstić information content (AvgIpc) is 2.36. The average molecular weight is 171 g/mol. The number of carbonyl (C=O) groups excluding carboxylic acids is 2. The van der Waals surface area contributed by atoms with E-state index in [0.29, 0.717) is 12.8 Å². The predicted molar refractivity (Wildman–Crippen MR) is 42.5 cm³/mol. The SMILES string of the molecule is CC(O)C(=O)NC1CCCC1=O. The third kappa shape index (κ3) is 2.04. The molecule has 0 radical (unpaired) electrons. The van der Waals surface area contributed by atoms with Crippen LogP contribution in [0.5, 0.6) is 0 Å². The minimum Gasteiger partial charge on any atom is -0.384 e. The fourth-order valence-corrected chi connectivity index (χ4v) is 1.26. The van der Waals surface area contributed by atoms with Gasteiger partial charge in [-0.2, -0.15) is 0 Å². The first kappa shape index (κ1) is 9.19. The molecule has 0 saturated heterocycles. The summed E-state index contributed by atoms with van der Waals surface area (Å²) in [6, 6.07) is -0.355. The Labute approximate surface area is 71.0 Å². The summed E-state index contributed by atoms with van der Waals surface area (Å²) in [6.45, 7) is 1.38. The standard InChI is InChI=1S/C8H13NO3/c1-5(10)8(12)9-6-3-2-4-7(6)11/h5-6,10H,2-4H2,1H3,(H,9,12). The van der Waals surface area contributed by atoms with Crippen molar-refractivity contribution in [3.05, 3.63) is 0 Å². The molecule has 0 bridgehead atoms. The van der Waals surface area contributed by atoms with Gasteiger partial charge in [0.15, 0.2) is 5.78 Å². The lowest BCUT2D eigenvalue weighted by Gasteiger charge is -2.11. The Balaban J connectivity index is 2.40. The zero-order chi connectivity index (χ0) is 9.14. The number of carbonyl (C=O) groups is 2. The van der Waals surface area contributed by atoms with Crippen molar-refractivity contribution < 1.29 is 14.7 Å². The van der Waals surface area contributed by atoms with Gasteiger partial charge in [0.25, 0.3) is 0 Å². The number of hydrogen-bond donors (Lipinski definition) is 2. The quantitative estimate of drug-likeness (QED) is 0.594. The Morgan fingerprint density at radius 2 is 2.42 bits per heavy atom. The lowest BCUT2D eigenvalue weighted by atomic mass is 10.2. The van der Waals surface area contributed by atoms with Crippen LogP contribution >= 0.6 is 0 Å². The number of ketones is 1. The van der Waals surface area contributed by atoms with Gasteiger partial charge in [-0.15, -0.1) is 0 Å². The molecule has 0 spiro atoms. The van der Waals surface area contributed by atoms with Gasteiger partial charge in [0.2, 0.25) is 5.91 Å². The van der Waals surface area contributed by atoms with Crippen molar-refractivity contribution in [3.8, 4) is 0 Å². The highest BCUT2D eigenvalue weighted by Crippen LogP contribution is 2.13. The Kier molecular flexibility index (Phi) is 2.81. The van der Waals surface area contributed by atoms with Gasteiger partial charge in [0.05, 0.1) is 6.04 Å². The third-order valence-corrected chi connectivity index (χ3v) is 2.00. The lowest BCUT2D eigenvalue weighted by molar-refractivity contribution is -0.131. The maximum Gasteiger partial charge on any atom is 0.249 e. The van der Waals surface area contributed by atoms with E-state index < -0.39 is 12.0 Å². The molecule has 1 aliphatic rings. The third-order valence-electron chi connectivity index (χ3n) is 2.00. The molecular formula is C8H13NO3. The van der Waals surface area contributed by atoms with Crippen LogP contribution < -0.4 is 5.32 Å². The molecule has 1 amide bonds. The van der Waals surface area contributed by atoms with Crippen molar-refractivity contribution in [2.24, 2.45) is 0 Å². The predicted octanol–water partition coefficient (Wildman–Crippen LogP) is -0.395. The smallest absolute Gasteiger partial charge is 0.249 e. The summed E-state index contributed by atoms with van der Waals surface area (Å²) in [4.78, 5) is 22.0. The highest BCUT2D eigenvalue weighted by molar-refractivity contribution is 5.91. The summed E-state index contributed by atoms with van der Waals surface area (Å²) in [5.74, 6) is -0.390. The van der Waals surface area contributed by atoms with E-state index in [0.717, 1.165) is 6.42 Å². The number of amides is 1. The van der Waals surface area contributed by atoms with Gasteiger partial charge in [-0.25, -0.2) is 0 Å². The van der Waals surface area contributed by atoms with Crippen molar-refractivity contribution in [3.63, 3.8) is 0 Å². The van der Waals surface area contributed by atoms with Gasteiger partial charge >= 0.3 is 0 Å². The summed E-state index contributed by atoms with van der Waals surface area (Å²) in [5.41, 5.74) is 0. The Bertz CT molecular complexity index is 200. The second kappa shape index (κ2) is 3.67. The summed E-state index contributed by atoms with van der Waals surface area (Å²) >= 11 is 0. The molecule has 4 heteroatoms. The van der Waals surface area contributed by atoms with Gasteiger partial charge in [-0.1, -0.05) is 0 Å². The summed E-state index contributed by atoms with van der Waals surface area (Å²) in [6.07, 6.45) is 1.06. The second-order valence-corrected chi connectivity index (χ2v) is 3.10. The molecule has 0 aromatic carbocycles. The van der Waals surface area contributed by atoms with E-state index in [2.05, 4.69) is 5.32 Å². The molecule has 4 nitrogen and oxygen atoms in total. The van der Waals surface area contributed by atoms with E-state index in [1.807, 2.05) is 0 Å². The highest BCUT2D eigenvalue weighted by Gasteiger charge is 2.26. The Hall–Kier alpha value is -0.900. The first-order valence-corrected chi connectivity index (χ1v) is 4.12. The first-order chi connectivity index (χ1) is 5.61. The maximum absolute atomic E-state index is 11.0. The first-order valence-electron chi connectivity index (χ1n) is 4.12. The molecule has 2 atom stereocenters. The van der Waals surface area contributed by atoms with Crippen molar-refractivity contribution in [1.29, 1.82) is 0 Å². The normalized spacial score (nSPS) is 25.5. The monoisotopic (exact) mass is 171 g/mol. The topological polar surface area (TPSA) is 66.4 Å². The van der Waals surface area contributed by atoms with Crippen molar-refractivity contribution in [1.82, 2.24) is 5.32 Å². The van der Waals surface area contributed by atoms with Gasteiger partial charge in [0.1, 0.15) is 6.10 Å². The van der Waals surface area contributed by atoms with Crippen LogP contribution in [0.3, 0.4) is 0 Å². The lowest BCUT2D eigenvalue weighted by Crippen LogP contribution is -2.42. The number of Topliss-reactive ketones (excluding diaryl/α,β-unsaturated/α-hetero) is 1. The van der Waals surface area contributed by atoms with Crippen LogP contribution in [-0.4, -0.2) is 28.9 Å². The highest BCUT2D eigenvalue weighted by atomic mass is 16.3. The van der Waals surface area contributed by atoms with E-state index in [-0.39, 0.29) is 11.8 Å². The minimum atomic E-state index is -1.03. The van der Waals surface area contributed by atoms with Crippen LogP contribution in [0.1, 0.15) is 26.2 Å². The second-order valence-electron chi connectivity index (χ2n) is 3.10. The molecule has 1 aliphatic carbocycles. The van der Waals surface area contributed by atoms with E-state index in [4.69, 9.17) is 5.11 Å². The van der Waals surface area contributed by atoms with Gasteiger partial charge in [-0.05, 0) is 19.8 Å². The molecule has 0 aliphatic heterocycles. The van der Waals surface area contributed by atoms with Crippen LogP contribution in [0.4, 0.5) is 0 Å². The molecule has 1 fully saturated rings. The molecular weight excluding hydrogens is 158 g/mol. The van der Waals surface area contributed by atoms with Crippen LogP contribution in [0, 0.1) is 0 Å². The van der Waals surface area contributed by atoms with E-state index in [1.54, 1.807) is 0 Å². The maximum atomic E-state index is 11.0. The number of aliphatic hydroxyl groups is 1. The summed E-state index contributed by atoms with van der Waals surface area (Å²) in [5, 5.41) is 11.3. The van der Waals surface area contributed by atoms with Crippen LogP contribution in [-0.2, 0) is 9.59 Å². The zero-order valence-corrected chi connectivity index (χ0v) is 7.04. The Morgan fingerprint density at radius 3 is 2.83 bits per heavy atom. The molecule has 0 aromatic heterocycles. The van der Waals surface area contributed by atoms with Gasteiger partial charge in [0, 0.05) is 6.42 Å². The molecule has 0 aromatic rings. The zero-order valence-electron chi connectivity index (χ0n) is 7.04. The number of rotatable bonds is 2. The minimum absolute atomic E-state index is 0.0731. The molecule has 1 rings (SSSR count). The number of nitrogens with one attached hydrogen (secondary N) is 1. The van der Waals surface area contributed by atoms with E-state index in [1.165, 1.54) is 6.92 Å². The van der Waals surface area contributed by atoms with Crippen molar-refractivity contribution in [2.45, 2.75) is 38.3 Å². The van der Waals surface area contributed by atoms with Crippen LogP contribution in [0.25, 0.3) is 0 Å². The van der Waals surface area contributed by atoms with E-state index in [9.17, 15) is 9.59 Å². The number of hydrogen-bond acceptors (Lipinski definition) is 3. The molecule has 12 heavy (non-hydrogen) atoms. The molecule has 68 valence electrons. The largest absolute Gasteiger partial charge is 0.384 e. The van der Waals surface area contributed by atoms with Gasteiger partial charge in [-0.3, -0.25) is 9.59 Å². The van der Waals surface area contributed by atoms with Crippen molar-refractivity contribution in [2.75, 3.05) is 0 Å². The molecule has 2 N–H and O–H groups in total. The van der Waals surface area contributed by atoms with E-state index >= 15 is 0 Å². The van der Waals surface area contributed by atoms with Crippen molar-refractivity contribution >= 4 is 11.7 Å². The fourth-order valence-electron chi connectivity index (χ4n) is 1.26.